The van der Waals surface area contributed by atoms with Gasteiger partial charge in [0.1, 0.15) is 5.82 Å². The van der Waals surface area contributed by atoms with E-state index in [2.05, 4.69) is 33.3 Å². The van der Waals surface area contributed by atoms with Crippen LogP contribution in [-0.4, -0.2) is 37.1 Å². The highest BCUT2D eigenvalue weighted by molar-refractivity contribution is 7.16. The van der Waals surface area contributed by atoms with Crippen LogP contribution in [0, 0.1) is 0 Å². The standard InChI is InChI=1S/C24H22N6OS/c1-29-22-16-10-15(6-7-18(16)28-23(25)17(22)12-27-29)24(31)30-9-3-2-4-20(30)14-5-8-19-21(11-14)32-13-26-19/h5-8,10-13,20H,2-4,9H2,1H3,(H2,25,28). The molecule has 1 aliphatic heterocycles. The van der Waals surface area contributed by atoms with E-state index >= 15 is 0 Å². The maximum absolute atomic E-state index is 13.7. The lowest BCUT2D eigenvalue weighted by molar-refractivity contribution is 0.0612. The van der Waals surface area contributed by atoms with Crippen LogP contribution >= 0.6 is 11.3 Å². The minimum atomic E-state index is 0.0492. The number of benzene rings is 2. The number of anilines is 1. The van der Waals surface area contributed by atoms with Gasteiger partial charge in [-0.3, -0.25) is 9.48 Å². The molecule has 0 saturated carbocycles. The van der Waals surface area contributed by atoms with Crippen LogP contribution in [-0.2, 0) is 7.05 Å². The molecule has 0 spiro atoms. The molecule has 4 heterocycles. The number of nitrogen functional groups attached to an aromatic ring is 1. The molecular weight excluding hydrogens is 420 g/mol. The maximum Gasteiger partial charge on any atom is 0.254 e. The van der Waals surface area contributed by atoms with E-state index in [0.29, 0.717) is 11.4 Å². The topological polar surface area (TPSA) is 89.9 Å². The summed E-state index contributed by atoms with van der Waals surface area (Å²) >= 11 is 1.64. The Kier molecular flexibility index (Phi) is 4.36. The third kappa shape index (κ3) is 2.94. The molecule has 5 aromatic rings. The quantitative estimate of drug-likeness (QED) is 0.429. The van der Waals surface area contributed by atoms with E-state index in [1.807, 2.05) is 35.7 Å². The van der Waals surface area contributed by atoms with Gasteiger partial charge in [-0.1, -0.05) is 6.07 Å². The second-order valence-corrected chi connectivity index (χ2v) is 9.24. The van der Waals surface area contributed by atoms with Gasteiger partial charge in [-0.2, -0.15) is 5.10 Å². The molecule has 1 saturated heterocycles. The molecule has 1 unspecified atom stereocenters. The van der Waals surface area contributed by atoms with Crippen LogP contribution in [0.1, 0.15) is 41.2 Å². The van der Waals surface area contributed by atoms with Gasteiger partial charge in [0.05, 0.1) is 44.4 Å². The van der Waals surface area contributed by atoms with E-state index in [-0.39, 0.29) is 11.9 Å². The van der Waals surface area contributed by atoms with Crippen molar-refractivity contribution in [3.05, 3.63) is 59.2 Å². The lowest BCUT2D eigenvalue weighted by atomic mass is 9.94. The minimum Gasteiger partial charge on any atom is -0.383 e. The predicted octanol–water partition coefficient (Wildman–Crippen LogP) is 4.68. The highest BCUT2D eigenvalue weighted by Crippen LogP contribution is 2.35. The highest BCUT2D eigenvalue weighted by Gasteiger charge is 2.29. The van der Waals surface area contributed by atoms with E-state index in [1.165, 1.54) is 5.56 Å². The number of nitrogens with two attached hydrogens (primary N) is 1. The van der Waals surface area contributed by atoms with Crippen LogP contribution in [0.5, 0.6) is 0 Å². The molecule has 2 aromatic carbocycles. The van der Waals surface area contributed by atoms with Crippen molar-refractivity contribution in [2.45, 2.75) is 25.3 Å². The number of fused-ring (bicyclic) bond motifs is 4. The fourth-order valence-electron chi connectivity index (χ4n) is 4.86. The number of carbonyl (C=O) groups excluding carboxylic acids is 1. The number of pyridine rings is 1. The molecule has 1 aliphatic rings. The van der Waals surface area contributed by atoms with Gasteiger partial charge in [0.15, 0.2) is 0 Å². The van der Waals surface area contributed by atoms with Gasteiger partial charge in [-0.25, -0.2) is 9.97 Å². The normalized spacial score (nSPS) is 16.9. The second-order valence-electron chi connectivity index (χ2n) is 8.35. The second kappa shape index (κ2) is 7.27. The van der Waals surface area contributed by atoms with Crippen molar-refractivity contribution < 1.29 is 4.79 Å². The lowest BCUT2D eigenvalue weighted by Gasteiger charge is -2.36. The number of thiazole rings is 1. The number of amides is 1. The van der Waals surface area contributed by atoms with Gasteiger partial charge in [-0.05, 0) is 55.2 Å². The summed E-state index contributed by atoms with van der Waals surface area (Å²) in [4.78, 5) is 24.6. The number of likely N-dealkylation sites (tertiary alicyclic amines) is 1. The first kappa shape index (κ1) is 19.2. The molecular formula is C24H22N6OS. The molecule has 32 heavy (non-hydrogen) atoms. The molecule has 1 atom stereocenters. The van der Waals surface area contributed by atoms with E-state index < -0.39 is 0 Å². The lowest BCUT2D eigenvalue weighted by Crippen LogP contribution is -2.38. The van der Waals surface area contributed by atoms with Gasteiger partial charge in [0.2, 0.25) is 0 Å². The van der Waals surface area contributed by atoms with Gasteiger partial charge in [-0.15, -0.1) is 11.3 Å². The van der Waals surface area contributed by atoms with Crippen LogP contribution in [0.3, 0.4) is 0 Å². The molecule has 160 valence electrons. The largest absolute Gasteiger partial charge is 0.383 e. The smallest absolute Gasteiger partial charge is 0.254 e. The predicted molar refractivity (Wildman–Crippen MR) is 128 cm³/mol. The first-order valence-electron chi connectivity index (χ1n) is 10.8. The number of piperidine rings is 1. The van der Waals surface area contributed by atoms with Crippen LogP contribution in [0.4, 0.5) is 5.82 Å². The molecule has 1 fully saturated rings. The average molecular weight is 443 g/mol. The Hall–Kier alpha value is -3.52. The van der Waals surface area contributed by atoms with Crippen molar-refractivity contribution in [1.82, 2.24) is 24.6 Å². The molecule has 8 heteroatoms. The molecule has 0 aliphatic carbocycles. The summed E-state index contributed by atoms with van der Waals surface area (Å²) in [7, 11) is 1.88. The van der Waals surface area contributed by atoms with Crippen molar-refractivity contribution in [1.29, 1.82) is 0 Å². The van der Waals surface area contributed by atoms with Gasteiger partial charge >= 0.3 is 0 Å². The van der Waals surface area contributed by atoms with Crippen LogP contribution in [0.2, 0.25) is 0 Å². The highest BCUT2D eigenvalue weighted by atomic mass is 32.1. The van der Waals surface area contributed by atoms with Crippen molar-refractivity contribution in [3.8, 4) is 0 Å². The summed E-state index contributed by atoms with van der Waals surface area (Å²) in [5.74, 6) is 0.502. The van der Waals surface area contributed by atoms with Crippen molar-refractivity contribution >= 4 is 55.1 Å². The van der Waals surface area contributed by atoms with Crippen molar-refractivity contribution in [2.75, 3.05) is 12.3 Å². The first-order valence-corrected chi connectivity index (χ1v) is 11.6. The van der Waals surface area contributed by atoms with Gasteiger partial charge < -0.3 is 10.6 Å². The number of aryl methyl sites for hydroxylation is 1. The van der Waals surface area contributed by atoms with Gasteiger partial charge in [0.25, 0.3) is 5.91 Å². The van der Waals surface area contributed by atoms with Gasteiger partial charge in [0, 0.05) is 24.5 Å². The van der Waals surface area contributed by atoms with Crippen LogP contribution in [0.25, 0.3) is 32.0 Å². The molecule has 2 N–H and O–H groups in total. The number of hydrogen-bond donors (Lipinski definition) is 1. The number of hydrogen-bond acceptors (Lipinski definition) is 6. The monoisotopic (exact) mass is 442 g/mol. The zero-order valence-electron chi connectivity index (χ0n) is 17.7. The SMILES string of the molecule is Cn1ncc2c(N)nc3ccc(C(=O)N4CCCCC4c4ccc5ncsc5c4)cc3c21. The van der Waals surface area contributed by atoms with Crippen molar-refractivity contribution in [3.63, 3.8) is 0 Å². The zero-order chi connectivity index (χ0) is 21.8. The maximum atomic E-state index is 13.7. The number of rotatable bonds is 2. The van der Waals surface area contributed by atoms with Crippen LogP contribution < -0.4 is 5.73 Å². The Bertz CT molecular complexity index is 1500. The Morgan fingerprint density at radius 1 is 1.12 bits per heavy atom. The van der Waals surface area contributed by atoms with Crippen LogP contribution in [0.15, 0.2) is 48.1 Å². The summed E-state index contributed by atoms with van der Waals surface area (Å²) < 4.78 is 2.95. The van der Waals surface area contributed by atoms with Crippen molar-refractivity contribution in [2.24, 2.45) is 7.05 Å². The molecule has 1 amide bonds. The summed E-state index contributed by atoms with van der Waals surface area (Å²) in [5, 5.41) is 6.03. The minimum absolute atomic E-state index is 0.0492. The number of nitrogens with zero attached hydrogens (tertiary/aromatic N) is 5. The summed E-state index contributed by atoms with van der Waals surface area (Å²) in [5.41, 5.74) is 12.5. The average Bonchev–Trinajstić information content (AvgIpc) is 3.45. The molecule has 0 radical (unpaired) electrons. The van der Waals surface area contributed by atoms with E-state index in [4.69, 9.17) is 5.73 Å². The molecule has 7 nitrogen and oxygen atoms in total. The molecule has 6 rings (SSSR count). The zero-order valence-corrected chi connectivity index (χ0v) is 18.5. The van der Waals surface area contributed by atoms with E-state index in [0.717, 1.165) is 57.8 Å². The Morgan fingerprint density at radius 2 is 2.00 bits per heavy atom. The summed E-state index contributed by atoms with van der Waals surface area (Å²) in [6.45, 7) is 0.753. The Balaban J connectivity index is 1.42. The fourth-order valence-corrected chi connectivity index (χ4v) is 5.58. The van der Waals surface area contributed by atoms with E-state index in [9.17, 15) is 4.79 Å². The summed E-state index contributed by atoms with van der Waals surface area (Å²) in [6.07, 6.45) is 4.82. The first-order chi connectivity index (χ1) is 15.6. The Labute approximate surface area is 188 Å². The number of aromatic nitrogens is 4. The third-order valence-corrected chi connectivity index (χ3v) is 7.25. The fraction of sp³-hybridized carbons (Fsp3) is 0.250. The number of carbonyl (C=O) groups is 1. The molecule has 0 bridgehead atoms. The Morgan fingerprint density at radius 3 is 2.91 bits per heavy atom. The third-order valence-electron chi connectivity index (χ3n) is 6.46. The molecule has 3 aromatic heterocycles. The van der Waals surface area contributed by atoms with E-state index in [1.54, 1.807) is 22.2 Å². The summed E-state index contributed by atoms with van der Waals surface area (Å²) in [6, 6.07) is 12.1.